The van der Waals surface area contributed by atoms with Crippen molar-refractivity contribution in [1.29, 1.82) is 0 Å². The second-order valence-corrected chi connectivity index (χ2v) is 5.53. The summed E-state index contributed by atoms with van der Waals surface area (Å²) in [5, 5.41) is 3.56. The van der Waals surface area contributed by atoms with Gasteiger partial charge in [-0.3, -0.25) is 0 Å². The van der Waals surface area contributed by atoms with Gasteiger partial charge in [0.1, 0.15) is 0 Å². The van der Waals surface area contributed by atoms with Crippen LogP contribution in [0.25, 0.3) is 0 Å². The van der Waals surface area contributed by atoms with Crippen molar-refractivity contribution >= 4 is 0 Å². The number of rotatable bonds is 2. The highest BCUT2D eigenvalue weighted by Crippen LogP contribution is 2.67. The second-order valence-electron chi connectivity index (χ2n) is 5.53. The molecule has 2 aromatic rings. The zero-order valence-electron chi connectivity index (χ0n) is 10.3. The van der Waals surface area contributed by atoms with Crippen molar-refractivity contribution in [2.45, 2.75) is 11.3 Å². The van der Waals surface area contributed by atoms with Gasteiger partial charge in [0.05, 0.1) is 0 Å². The van der Waals surface area contributed by atoms with E-state index < -0.39 is 0 Å². The van der Waals surface area contributed by atoms with E-state index in [1.54, 1.807) is 0 Å². The topological polar surface area (TPSA) is 12.0 Å². The summed E-state index contributed by atoms with van der Waals surface area (Å²) in [6.07, 6.45) is 0. The van der Waals surface area contributed by atoms with Crippen LogP contribution in [0.2, 0.25) is 0 Å². The molecule has 0 amide bonds. The first-order valence-electron chi connectivity index (χ1n) is 6.74. The molecular formula is C17H17N. The van der Waals surface area contributed by atoms with E-state index >= 15 is 0 Å². The molecule has 1 heteroatoms. The summed E-state index contributed by atoms with van der Waals surface area (Å²) in [4.78, 5) is 0. The molecule has 2 aromatic carbocycles. The van der Waals surface area contributed by atoms with Gasteiger partial charge in [0.15, 0.2) is 0 Å². The van der Waals surface area contributed by atoms with Crippen LogP contribution < -0.4 is 5.32 Å². The van der Waals surface area contributed by atoms with Crippen LogP contribution in [0.4, 0.5) is 0 Å². The highest BCUT2D eigenvalue weighted by Gasteiger charge is 2.67. The van der Waals surface area contributed by atoms with Gasteiger partial charge < -0.3 is 5.32 Å². The Bertz CT molecular complexity index is 548. The molecule has 1 aliphatic heterocycles. The molecule has 2 fully saturated rings. The second kappa shape index (κ2) is 3.69. The summed E-state index contributed by atoms with van der Waals surface area (Å²) in [7, 11) is 0. The molecule has 0 bridgehead atoms. The normalized spacial score (nSPS) is 33.1. The lowest BCUT2D eigenvalue weighted by molar-refractivity contribution is 0.636. The lowest BCUT2D eigenvalue weighted by atomic mass is 9.91. The van der Waals surface area contributed by atoms with Crippen LogP contribution in [0.5, 0.6) is 0 Å². The molecule has 2 aliphatic rings. The summed E-state index contributed by atoms with van der Waals surface area (Å²) in [6.45, 7) is 2.29. The number of nitrogens with one attached hydrogen (secondary N) is 1. The van der Waals surface area contributed by atoms with Gasteiger partial charge in [0.2, 0.25) is 0 Å². The zero-order chi connectivity index (χ0) is 12.0. The molecule has 18 heavy (non-hydrogen) atoms. The fourth-order valence-corrected chi connectivity index (χ4v) is 3.93. The maximum absolute atomic E-state index is 3.56. The van der Waals surface area contributed by atoms with E-state index in [-0.39, 0.29) is 0 Å². The third kappa shape index (κ3) is 1.25. The Labute approximate surface area is 108 Å². The van der Waals surface area contributed by atoms with Crippen molar-refractivity contribution < 1.29 is 0 Å². The quantitative estimate of drug-likeness (QED) is 0.844. The van der Waals surface area contributed by atoms with Crippen molar-refractivity contribution in [2.75, 3.05) is 13.1 Å². The average Bonchev–Trinajstić information content (AvgIpc) is 2.90. The molecule has 1 aliphatic carbocycles. The molecule has 0 spiro atoms. The van der Waals surface area contributed by atoms with Gasteiger partial charge in [-0.2, -0.15) is 0 Å². The smallest absolute Gasteiger partial charge is 0.0196 e. The fraction of sp³-hybridized carbons (Fsp3) is 0.294. The standard InChI is InChI=1S/C17H17N/c1-3-7-13(8-4-1)16-15-11-18-12-17(15,16)14-9-5-2-6-10-14/h1-10,15-16,18H,11-12H2/t15-,16-,17+/m1/s1. The first kappa shape index (κ1) is 10.3. The number of hydrogen-bond donors (Lipinski definition) is 1. The minimum atomic E-state index is 0.364. The Balaban J connectivity index is 1.77. The molecule has 0 radical (unpaired) electrons. The maximum atomic E-state index is 3.56. The molecule has 0 aromatic heterocycles. The van der Waals surface area contributed by atoms with E-state index in [0.29, 0.717) is 11.3 Å². The Morgan fingerprint density at radius 3 is 2.28 bits per heavy atom. The number of piperidine rings is 1. The van der Waals surface area contributed by atoms with Crippen molar-refractivity contribution in [2.24, 2.45) is 5.92 Å². The predicted molar refractivity (Wildman–Crippen MR) is 73.7 cm³/mol. The van der Waals surface area contributed by atoms with Gasteiger partial charge in [0, 0.05) is 17.9 Å². The molecule has 0 unspecified atom stereocenters. The summed E-state index contributed by atoms with van der Waals surface area (Å²) >= 11 is 0. The van der Waals surface area contributed by atoms with Gasteiger partial charge in [-0.25, -0.2) is 0 Å². The fourth-order valence-electron chi connectivity index (χ4n) is 3.93. The van der Waals surface area contributed by atoms with E-state index in [2.05, 4.69) is 66.0 Å². The minimum Gasteiger partial charge on any atom is -0.315 e. The van der Waals surface area contributed by atoms with E-state index in [1.165, 1.54) is 11.1 Å². The van der Waals surface area contributed by atoms with Crippen LogP contribution in [-0.2, 0) is 5.41 Å². The molecule has 1 nitrogen and oxygen atoms in total. The van der Waals surface area contributed by atoms with Crippen LogP contribution in [0.3, 0.4) is 0 Å². The Hall–Kier alpha value is -1.60. The average molecular weight is 235 g/mol. The third-order valence-corrected chi connectivity index (χ3v) is 4.76. The van der Waals surface area contributed by atoms with Crippen molar-refractivity contribution in [1.82, 2.24) is 5.32 Å². The molecule has 1 saturated carbocycles. The lowest BCUT2D eigenvalue weighted by Crippen LogP contribution is -2.22. The van der Waals surface area contributed by atoms with Crippen LogP contribution in [0.15, 0.2) is 60.7 Å². The predicted octanol–water partition coefficient (Wildman–Crippen LogP) is 2.94. The SMILES string of the molecule is c1ccc([C@@H]2[C@H]3CNC[C@]32c2ccccc2)cc1. The highest BCUT2D eigenvalue weighted by molar-refractivity contribution is 5.48. The molecule has 1 N–H and O–H groups in total. The summed E-state index contributed by atoms with van der Waals surface area (Å²) in [5.41, 5.74) is 3.38. The molecular weight excluding hydrogens is 218 g/mol. The minimum absolute atomic E-state index is 0.364. The number of hydrogen-bond acceptors (Lipinski definition) is 1. The zero-order valence-corrected chi connectivity index (χ0v) is 10.3. The van der Waals surface area contributed by atoms with Crippen LogP contribution in [0.1, 0.15) is 17.0 Å². The number of benzene rings is 2. The molecule has 4 rings (SSSR count). The molecule has 3 atom stereocenters. The molecule has 1 saturated heterocycles. The highest BCUT2D eigenvalue weighted by atomic mass is 15.0. The van der Waals surface area contributed by atoms with Gasteiger partial charge in [-0.15, -0.1) is 0 Å². The Morgan fingerprint density at radius 2 is 1.56 bits per heavy atom. The first-order valence-corrected chi connectivity index (χ1v) is 6.74. The van der Waals surface area contributed by atoms with E-state index in [9.17, 15) is 0 Å². The van der Waals surface area contributed by atoms with Crippen LogP contribution in [0, 0.1) is 5.92 Å². The van der Waals surface area contributed by atoms with Gasteiger partial charge >= 0.3 is 0 Å². The van der Waals surface area contributed by atoms with Crippen molar-refractivity contribution in [3.63, 3.8) is 0 Å². The summed E-state index contributed by atoms with van der Waals surface area (Å²) in [5.74, 6) is 1.49. The van der Waals surface area contributed by atoms with E-state index in [0.717, 1.165) is 19.0 Å². The van der Waals surface area contributed by atoms with Gasteiger partial charge in [-0.05, 0) is 23.6 Å². The van der Waals surface area contributed by atoms with E-state index in [4.69, 9.17) is 0 Å². The Morgan fingerprint density at radius 1 is 0.889 bits per heavy atom. The third-order valence-electron chi connectivity index (χ3n) is 4.76. The Kier molecular flexibility index (Phi) is 2.12. The van der Waals surface area contributed by atoms with Gasteiger partial charge in [0.25, 0.3) is 0 Å². The first-order chi connectivity index (χ1) is 8.93. The van der Waals surface area contributed by atoms with Gasteiger partial charge in [-0.1, -0.05) is 60.7 Å². The largest absolute Gasteiger partial charge is 0.315 e. The molecule has 1 heterocycles. The van der Waals surface area contributed by atoms with Crippen LogP contribution in [-0.4, -0.2) is 13.1 Å². The summed E-state index contributed by atoms with van der Waals surface area (Å²) in [6, 6.07) is 22.0. The van der Waals surface area contributed by atoms with Crippen molar-refractivity contribution in [3.05, 3.63) is 71.8 Å². The van der Waals surface area contributed by atoms with Crippen molar-refractivity contribution in [3.8, 4) is 0 Å². The monoisotopic (exact) mass is 235 g/mol. The number of fused-ring (bicyclic) bond motifs is 1. The van der Waals surface area contributed by atoms with E-state index in [1.807, 2.05) is 0 Å². The summed E-state index contributed by atoms with van der Waals surface area (Å²) < 4.78 is 0. The maximum Gasteiger partial charge on any atom is 0.0196 e. The lowest BCUT2D eigenvalue weighted by Gasteiger charge is -2.16. The molecule has 90 valence electrons. The van der Waals surface area contributed by atoms with Crippen LogP contribution >= 0.6 is 0 Å².